The van der Waals surface area contributed by atoms with Crippen molar-refractivity contribution in [2.24, 2.45) is 11.8 Å². The zero-order valence-corrected chi connectivity index (χ0v) is 11.3. The van der Waals surface area contributed by atoms with E-state index in [9.17, 15) is 9.50 Å². The first-order valence-electron chi connectivity index (χ1n) is 7.42. The van der Waals surface area contributed by atoms with Gasteiger partial charge in [-0.25, -0.2) is 4.39 Å². The summed E-state index contributed by atoms with van der Waals surface area (Å²) in [6.45, 7) is 2.87. The number of aromatic hydroxyl groups is 1. The lowest BCUT2D eigenvalue weighted by molar-refractivity contribution is 0.0815. The van der Waals surface area contributed by atoms with Crippen LogP contribution < -0.4 is 0 Å². The number of nitrogens with zero attached hydrogens (tertiary/aromatic N) is 1. The van der Waals surface area contributed by atoms with Gasteiger partial charge in [-0.15, -0.1) is 0 Å². The summed E-state index contributed by atoms with van der Waals surface area (Å²) in [7, 11) is 0. The Morgan fingerprint density at radius 2 is 1.95 bits per heavy atom. The Kier molecular flexibility index (Phi) is 3.74. The molecule has 0 aromatic heterocycles. The van der Waals surface area contributed by atoms with E-state index in [-0.39, 0.29) is 11.6 Å². The topological polar surface area (TPSA) is 23.5 Å². The molecule has 0 spiro atoms. The highest BCUT2D eigenvalue weighted by molar-refractivity contribution is 5.32. The monoisotopic (exact) mass is 263 g/mol. The molecule has 2 fully saturated rings. The molecule has 1 saturated carbocycles. The number of likely N-dealkylation sites (tertiary alicyclic amines) is 1. The average Bonchev–Trinajstić information content (AvgIpc) is 2.43. The van der Waals surface area contributed by atoms with Gasteiger partial charge in [0.2, 0.25) is 0 Å². The predicted octanol–water partition coefficient (Wildman–Crippen LogP) is 3.54. The Balaban J connectivity index is 1.65. The summed E-state index contributed by atoms with van der Waals surface area (Å²) < 4.78 is 13.2. The van der Waals surface area contributed by atoms with E-state index in [0.29, 0.717) is 12.1 Å². The maximum Gasteiger partial charge on any atom is 0.123 e. The Hall–Kier alpha value is -1.09. The van der Waals surface area contributed by atoms with Crippen molar-refractivity contribution in [1.82, 2.24) is 4.90 Å². The maximum absolute atomic E-state index is 13.2. The SMILES string of the molecule is Oc1ccc(F)cc1CN1CCC2CCCCC2C1. The number of phenolic OH excluding ortho intramolecular Hbond substituents is 1. The standard InChI is InChI=1S/C16H22FNO/c17-15-5-6-16(19)14(9-15)11-18-8-7-12-3-1-2-4-13(12)10-18/h5-6,9,12-13,19H,1-4,7-8,10-11H2. The van der Waals surface area contributed by atoms with Crippen molar-refractivity contribution < 1.29 is 9.50 Å². The molecule has 2 aliphatic rings. The van der Waals surface area contributed by atoms with E-state index >= 15 is 0 Å². The lowest BCUT2D eigenvalue weighted by Gasteiger charge is -2.41. The van der Waals surface area contributed by atoms with Crippen molar-refractivity contribution in [3.05, 3.63) is 29.6 Å². The van der Waals surface area contributed by atoms with Crippen LogP contribution in [-0.2, 0) is 6.54 Å². The molecule has 1 aliphatic heterocycles. The fourth-order valence-corrected chi connectivity index (χ4v) is 3.74. The molecule has 3 rings (SSSR count). The summed E-state index contributed by atoms with van der Waals surface area (Å²) in [4.78, 5) is 2.38. The van der Waals surface area contributed by atoms with Crippen LogP contribution >= 0.6 is 0 Å². The molecule has 1 saturated heterocycles. The fraction of sp³-hybridized carbons (Fsp3) is 0.625. The number of halogens is 1. The molecule has 1 aromatic carbocycles. The van der Waals surface area contributed by atoms with Crippen molar-refractivity contribution >= 4 is 0 Å². The van der Waals surface area contributed by atoms with Crippen molar-refractivity contribution in [3.63, 3.8) is 0 Å². The minimum atomic E-state index is -0.264. The summed E-state index contributed by atoms with van der Waals surface area (Å²) in [5, 5.41) is 9.80. The minimum Gasteiger partial charge on any atom is -0.508 e. The first-order valence-corrected chi connectivity index (χ1v) is 7.42. The van der Waals surface area contributed by atoms with Crippen LogP contribution in [0.5, 0.6) is 5.75 Å². The molecule has 2 nitrogen and oxygen atoms in total. The van der Waals surface area contributed by atoms with Crippen LogP contribution in [0.25, 0.3) is 0 Å². The molecule has 19 heavy (non-hydrogen) atoms. The third kappa shape index (κ3) is 2.92. The Morgan fingerprint density at radius 3 is 2.79 bits per heavy atom. The molecular weight excluding hydrogens is 241 g/mol. The van der Waals surface area contributed by atoms with Gasteiger partial charge in [0.25, 0.3) is 0 Å². The van der Waals surface area contributed by atoms with Gasteiger partial charge in [-0.1, -0.05) is 19.3 Å². The lowest BCUT2D eigenvalue weighted by atomic mass is 9.75. The molecule has 104 valence electrons. The number of rotatable bonds is 2. The Labute approximate surface area is 114 Å². The van der Waals surface area contributed by atoms with Crippen LogP contribution in [0, 0.1) is 17.7 Å². The summed E-state index contributed by atoms with van der Waals surface area (Å²) in [5.41, 5.74) is 0.717. The smallest absolute Gasteiger partial charge is 0.123 e. The van der Waals surface area contributed by atoms with E-state index in [0.717, 1.165) is 24.9 Å². The molecule has 2 unspecified atom stereocenters. The zero-order valence-electron chi connectivity index (χ0n) is 11.3. The number of piperidine rings is 1. The number of phenols is 1. The maximum atomic E-state index is 13.2. The van der Waals surface area contributed by atoms with Gasteiger partial charge in [-0.05, 0) is 49.4 Å². The lowest BCUT2D eigenvalue weighted by Crippen LogP contribution is -2.41. The number of hydrogen-bond acceptors (Lipinski definition) is 2. The number of hydrogen-bond donors (Lipinski definition) is 1. The fourth-order valence-electron chi connectivity index (χ4n) is 3.74. The molecule has 3 heteroatoms. The van der Waals surface area contributed by atoms with E-state index in [1.54, 1.807) is 0 Å². The molecular formula is C16H22FNO. The van der Waals surface area contributed by atoms with Gasteiger partial charge >= 0.3 is 0 Å². The Bertz CT molecular complexity index is 448. The summed E-state index contributed by atoms with van der Waals surface area (Å²) in [6, 6.07) is 4.23. The third-order valence-electron chi connectivity index (χ3n) is 4.81. The van der Waals surface area contributed by atoms with Crippen molar-refractivity contribution in [2.45, 2.75) is 38.6 Å². The third-order valence-corrected chi connectivity index (χ3v) is 4.81. The first kappa shape index (κ1) is 12.9. The predicted molar refractivity (Wildman–Crippen MR) is 73.4 cm³/mol. The van der Waals surface area contributed by atoms with Crippen LogP contribution in [0.2, 0.25) is 0 Å². The van der Waals surface area contributed by atoms with Crippen molar-refractivity contribution in [2.75, 3.05) is 13.1 Å². The van der Waals surface area contributed by atoms with Crippen LogP contribution in [0.1, 0.15) is 37.7 Å². The van der Waals surface area contributed by atoms with Gasteiger partial charge in [0.15, 0.2) is 0 Å². The normalized spacial score (nSPS) is 28.1. The van der Waals surface area contributed by atoms with Crippen LogP contribution in [0.4, 0.5) is 4.39 Å². The van der Waals surface area contributed by atoms with Gasteiger partial charge in [0.05, 0.1) is 0 Å². The molecule has 1 aromatic rings. The van der Waals surface area contributed by atoms with E-state index in [2.05, 4.69) is 4.90 Å². The van der Waals surface area contributed by atoms with Gasteiger partial charge in [0.1, 0.15) is 11.6 Å². The summed E-state index contributed by atoms with van der Waals surface area (Å²) in [6.07, 6.45) is 6.76. The van der Waals surface area contributed by atoms with Gasteiger partial charge in [-0.3, -0.25) is 4.90 Å². The molecule has 1 heterocycles. The first-order chi connectivity index (χ1) is 9.22. The van der Waals surface area contributed by atoms with Crippen molar-refractivity contribution in [1.29, 1.82) is 0 Å². The quantitative estimate of drug-likeness (QED) is 0.882. The van der Waals surface area contributed by atoms with Crippen LogP contribution in [0.3, 0.4) is 0 Å². The van der Waals surface area contributed by atoms with E-state index in [1.807, 2.05) is 0 Å². The largest absolute Gasteiger partial charge is 0.508 e. The van der Waals surface area contributed by atoms with Gasteiger partial charge in [-0.2, -0.15) is 0 Å². The van der Waals surface area contributed by atoms with Gasteiger partial charge < -0.3 is 5.11 Å². The summed E-state index contributed by atoms with van der Waals surface area (Å²) >= 11 is 0. The second-order valence-corrected chi connectivity index (χ2v) is 6.10. The molecule has 1 N–H and O–H groups in total. The number of fused-ring (bicyclic) bond motifs is 1. The Morgan fingerprint density at radius 1 is 1.16 bits per heavy atom. The molecule has 0 radical (unpaired) electrons. The molecule has 2 atom stereocenters. The highest BCUT2D eigenvalue weighted by Gasteiger charge is 2.31. The second-order valence-electron chi connectivity index (χ2n) is 6.10. The van der Waals surface area contributed by atoms with Crippen LogP contribution in [0.15, 0.2) is 18.2 Å². The molecule has 1 aliphatic carbocycles. The second kappa shape index (κ2) is 5.49. The van der Waals surface area contributed by atoms with E-state index in [1.165, 1.54) is 50.3 Å². The van der Waals surface area contributed by atoms with E-state index < -0.39 is 0 Å². The molecule has 0 bridgehead atoms. The van der Waals surface area contributed by atoms with Crippen LogP contribution in [-0.4, -0.2) is 23.1 Å². The number of benzene rings is 1. The highest BCUT2D eigenvalue weighted by atomic mass is 19.1. The van der Waals surface area contributed by atoms with E-state index in [4.69, 9.17) is 0 Å². The highest BCUT2D eigenvalue weighted by Crippen LogP contribution is 2.36. The summed E-state index contributed by atoms with van der Waals surface area (Å²) in [5.74, 6) is 1.68. The minimum absolute atomic E-state index is 0.215. The molecule has 0 amide bonds. The zero-order chi connectivity index (χ0) is 13.2. The average molecular weight is 263 g/mol. The van der Waals surface area contributed by atoms with Gasteiger partial charge in [0, 0.05) is 18.7 Å². The van der Waals surface area contributed by atoms with Crippen molar-refractivity contribution in [3.8, 4) is 5.75 Å².